The lowest BCUT2D eigenvalue weighted by atomic mass is 9.96. The van der Waals surface area contributed by atoms with Gasteiger partial charge in [-0.3, -0.25) is 4.57 Å². The molecule has 0 aromatic rings. The average molecular weight is 316 g/mol. The molecule has 0 aliphatic heterocycles. The Morgan fingerprint density at radius 1 is 1.42 bits per heavy atom. The predicted octanol–water partition coefficient (Wildman–Crippen LogP) is -3.24. The Balaban J connectivity index is 4.66. The van der Waals surface area contributed by atoms with Crippen LogP contribution in [0.4, 0.5) is 0 Å². The maximum absolute atomic E-state index is 11.1. The second kappa shape index (κ2) is 6.74. The monoisotopic (exact) mass is 316 g/mol. The van der Waals surface area contributed by atoms with Crippen molar-refractivity contribution >= 4 is 20.5 Å². The normalized spacial score (nSPS) is 18.3. The number of hydrogen-bond donors (Lipinski definition) is 1. The first-order valence-corrected chi connectivity index (χ1v) is 8.43. The average Bonchev–Trinajstić information content (AvgIpc) is 2.26. The highest BCUT2D eigenvalue weighted by Crippen LogP contribution is 2.72. The highest BCUT2D eigenvalue weighted by molar-refractivity contribution is 8.25. The molecule has 0 aromatic carbocycles. The van der Waals surface area contributed by atoms with Gasteiger partial charge in [-0.25, -0.2) is 0 Å². The molecule has 0 rings (SSSR count). The van der Waals surface area contributed by atoms with Gasteiger partial charge in [0.05, 0.1) is 12.2 Å². The molecule has 0 saturated carbocycles. The van der Waals surface area contributed by atoms with Gasteiger partial charge in [0.2, 0.25) is 0 Å². The lowest BCUT2D eigenvalue weighted by Crippen LogP contribution is -2.36. The fourth-order valence-electron chi connectivity index (χ4n) is 0.983. The van der Waals surface area contributed by atoms with Gasteiger partial charge in [0.25, 0.3) is 0 Å². The number of carbonyl (C=O) groups excluding carboxylic acids is 1. The summed E-state index contributed by atoms with van der Waals surface area (Å²) in [6.07, 6.45) is -0.685. The van der Waals surface area contributed by atoms with Gasteiger partial charge in [-0.15, -0.1) is 6.58 Å². The molecule has 0 bridgehead atoms. The van der Waals surface area contributed by atoms with Gasteiger partial charge >= 0.3 is 7.28 Å². The van der Waals surface area contributed by atoms with E-state index in [9.17, 15) is 39.2 Å². The number of rotatable bonds is 9. The van der Waals surface area contributed by atoms with Crippen molar-refractivity contribution in [1.29, 1.82) is 0 Å². The smallest absolute Gasteiger partial charge is 0.348 e. The highest BCUT2D eigenvalue weighted by Gasteiger charge is 2.29. The Morgan fingerprint density at radius 3 is 2.26 bits per heavy atom. The van der Waals surface area contributed by atoms with E-state index >= 15 is 0 Å². The maximum atomic E-state index is 11.1. The highest BCUT2D eigenvalue weighted by atomic mass is 32.1. The summed E-state index contributed by atoms with van der Waals surface area (Å²) < 4.78 is 28.4. The summed E-state index contributed by atoms with van der Waals surface area (Å²) in [6, 6.07) is 0. The van der Waals surface area contributed by atoms with Crippen LogP contribution >= 0.6 is 14.6 Å². The van der Waals surface area contributed by atoms with Gasteiger partial charge in [-0.1, -0.05) is 6.08 Å². The molecule has 0 heterocycles. The zero-order chi connectivity index (χ0) is 15.3. The molecule has 0 aliphatic rings. The van der Waals surface area contributed by atoms with Crippen LogP contribution in [-0.2, 0) is 23.1 Å². The summed E-state index contributed by atoms with van der Waals surface area (Å²) in [4.78, 5) is 31.2. The minimum Gasteiger partial charge on any atom is -0.802 e. The molecule has 0 spiro atoms. The predicted molar refractivity (Wildman–Crippen MR) is 51.6 cm³/mol. The van der Waals surface area contributed by atoms with Crippen LogP contribution in [0.5, 0.6) is 0 Å². The van der Waals surface area contributed by atoms with E-state index in [4.69, 9.17) is 0 Å². The minimum absolute atomic E-state index is 0.599. The van der Waals surface area contributed by atoms with Gasteiger partial charge in [-0.2, -0.15) is 0 Å². The van der Waals surface area contributed by atoms with Gasteiger partial charge < -0.3 is 43.8 Å². The van der Waals surface area contributed by atoms with E-state index in [-0.39, 0.29) is 0 Å². The molecular weight excluding hydrogens is 306 g/mol. The molecule has 112 valence electrons. The van der Waals surface area contributed by atoms with Gasteiger partial charge in [-0.05, 0) is 0 Å². The summed E-state index contributed by atoms with van der Waals surface area (Å²) in [5, 5.41) is 29.9. The largest absolute Gasteiger partial charge is 0.802 e. The third kappa shape index (κ3) is 5.52. The van der Waals surface area contributed by atoms with E-state index < -0.39 is 45.6 Å². The topological polar surface area (TPSA) is 182 Å². The summed E-state index contributed by atoms with van der Waals surface area (Å²) >= 11 is 0. The van der Waals surface area contributed by atoms with Crippen molar-refractivity contribution < 1.29 is 48.4 Å². The zero-order valence-electron chi connectivity index (χ0n) is 9.42. The molecule has 19 heavy (non-hydrogen) atoms. The molecule has 10 nitrogen and oxygen atoms in total. The molecule has 0 aliphatic carbocycles. The molecule has 2 unspecified atom stereocenters. The van der Waals surface area contributed by atoms with E-state index in [2.05, 4.69) is 15.8 Å². The van der Waals surface area contributed by atoms with Crippen LogP contribution in [0.25, 0.3) is 0 Å². The number of hydrogen-bond acceptors (Lipinski definition) is 10. The second-order valence-electron chi connectivity index (χ2n) is 3.45. The first kappa shape index (κ1) is 18.4. The SMILES string of the molecule is C=CC(O)(CCOP(=O)(O[O-])P(=O)([O-])[O-])CC(=O)[O-]. The summed E-state index contributed by atoms with van der Waals surface area (Å²) in [5.74, 6) is -1.64. The Morgan fingerprint density at radius 2 is 1.95 bits per heavy atom. The molecule has 12 heteroatoms. The van der Waals surface area contributed by atoms with E-state index in [0.717, 1.165) is 6.08 Å². The molecule has 0 saturated heterocycles. The first-order chi connectivity index (χ1) is 8.49. The van der Waals surface area contributed by atoms with E-state index in [1.54, 1.807) is 0 Å². The number of aliphatic hydroxyl groups is 1. The van der Waals surface area contributed by atoms with Crippen LogP contribution < -0.4 is 20.2 Å². The fourth-order valence-corrected chi connectivity index (χ4v) is 2.49. The van der Waals surface area contributed by atoms with Crippen molar-refractivity contribution in [3.05, 3.63) is 12.7 Å². The molecule has 0 amide bonds. The van der Waals surface area contributed by atoms with E-state index in [0.29, 0.717) is 0 Å². The molecule has 0 radical (unpaired) electrons. The zero-order valence-corrected chi connectivity index (χ0v) is 11.2. The van der Waals surface area contributed by atoms with Crippen LogP contribution in [0.3, 0.4) is 0 Å². The molecule has 0 fully saturated rings. The lowest BCUT2D eigenvalue weighted by molar-refractivity contribution is -0.639. The van der Waals surface area contributed by atoms with Crippen LogP contribution in [0.2, 0.25) is 0 Å². The quantitative estimate of drug-likeness (QED) is 0.196. The molecule has 1 N–H and O–H groups in total. The van der Waals surface area contributed by atoms with Crippen LogP contribution in [0, 0.1) is 0 Å². The Hall–Kier alpha value is -0.570. The number of carbonyl (C=O) groups is 1. The van der Waals surface area contributed by atoms with Crippen LogP contribution in [-0.4, -0.2) is 23.3 Å². The van der Waals surface area contributed by atoms with Crippen molar-refractivity contribution in [2.75, 3.05) is 6.61 Å². The van der Waals surface area contributed by atoms with Crippen molar-refractivity contribution in [2.24, 2.45) is 0 Å². The maximum Gasteiger partial charge on any atom is 0.348 e. The Labute approximate surface area is 107 Å². The Kier molecular flexibility index (Phi) is 6.53. The Bertz CT molecular complexity index is 428. The van der Waals surface area contributed by atoms with Crippen molar-refractivity contribution in [2.45, 2.75) is 18.4 Å². The van der Waals surface area contributed by atoms with Gasteiger partial charge in [0, 0.05) is 26.1 Å². The third-order valence-corrected chi connectivity index (χ3v) is 5.66. The van der Waals surface area contributed by atoms with Crippen LogP contribution in [0.15, 0.2) is 12.7 Å². The number of carboxylic acid groups (broad SMARTS) is 1. The molecular formula is C7H10O10P2-4. The molecule has 0 aromatic heterocycles. The van der Waals surface area contributed by atoms with Crippen LogP contribution in [0.1, 0.15) is 12.8 Å². The molecule has 2 atom stereocenters. The fraction of sp³-hybridized carbons (Fsp3) is 0.571. The number of aliphatic carboxylic acids is 1. The van der Waals surface area contributed by atoms with Crippen molar-refractivity contribution in [3.8, 4) is 0 Å². The van der Waals surface area contributed by atoms with Gasteiger partial charge in [0.1, 0.15) is 0 Å². The van der Waals surface area contributed by atoms with E-state index in [1.807, 2.05) is 0 Å². The summed E-state index contributed by atoms with van der Waals surface area (Å²) in [6.45, 7) is 2.25. The van der Waals surface area contributed by atoms with E-state index in [1.165, 1.54) is 0 Å². The van der Waals surface area contributed by atoms with Crippen molar-refractivity contribution in [1.82, 2.24) is 0 Å². The lowest BCUT2D eigenvalue weighted by Gasteiger charge is -2.38. The minimum atomic E-state index is -5.94. The third-order valence-electron chi connectivity index (χ3n) is 2.01. The summed E-state index contributed by atoms with van der Waals surface area (Å²) in [7, 11) is -11.4. The second-order valence-corrected chi connectivity index (χ2v) is 8.67. The standard InChI is InChI=1S/C7H14O10P2/c1-2-7(10,5-6(8)9)3-4-16-19(15,17-11)18(12,13)14/h2,10-11H,1,3-5H2,(H,8,9)(H2,12,13,14)/p-4. The van der Waals surface area contributed by atoms with Gasteiger partial charge in [0.15, 0.2) is 0 Å². The first-order valence-electron chi connectivity index (χ1n) is 4.64. The summed E-state index contributed by atoms with van der Waals surface area (Å²) in [5.41, 5.74) is -2.04. The van der Waals surface area contributed by atoms with Crippen molar-refractivity contribution in [3.63, 3.8) is 0 Å². The number of carboxylic acids is 1.